The van der Waals surface area contributed by atoms with E-state index in [0.29, 0.717) is 22.6 Å². The van der Waals surface area contributed by atoms with Crippen LogP contribution in [0.4, 0.5) is 11.4 Å². The average Bonchev–Trinajstić information content (AvgIpc) is 2.73. The molecule has 3 aromatic rings. The molecule has 0 saturated carbocycles. The number of rotatable bonds is 3. The van der Waals surface area contributed by atoms with Crippen molar-refractivity contribution in [2.24, 2.45) is 0 Å². The Morgan fingerprint density at radius 2 is 1.66 bits per heavy atom. The van der Waals surface area contributed by atoms with Gasteiger partial charge in [0.25, 0.3) is 11.6 Å². The number of hydrogen-bond acceptors (Lipinski definition) is 3. The number of nitrogens with zero attached hydrogens (tertiary/aromatic N) is 2. The zero-order valence-electron chi connectivity index (χ0n) is 18.6. The molecule has 0 aromatic heterocycles. The second-order valence-corrected chi connectivity index (χ2v) is 9.63. The van der Waals surface area contributed by atoms with E-state index in [9.17, 15) is 14.9 Å². The Labute approximate surface area is 192 Å². The summed E-state index contributed by atoms with van der Waals surface area (Å²) in [6.07, 6.45) is 0.679. The van der Waals surface area contributed by atoms with Crippen LogP contribution in [0, 0.1) is 17.0 Å². The highest BCUT2D eigenvalue weighted by Gasteiger charge is 2.48. The second-order valence-electron chi connectivity index (χ2n) is 9.19. The lowest BCUT2D eigenvalue weighted by molar-refractivity contribution is -0.385. The van der Waals surface area contributed by atoms with Gasteiger partial charge in [0, 0.05) is 38.9 Å². The van der Waals surface area contributed by atoms with Crippen LogP contribution in [0.3, 0.4) is 0 Å². The van der Waals surface area contributed by atoms with E-state index in [1.54, 1.807) is 24.0 Å². The largest absolute Gasteiger partial charge is 0.302 e. The van der Waals surface area contributed by atoms with Crippen molar-refractivity contribution in [2.45, 2.75) is 45.1 Å². The molecule has 4 rings (SSSR count). The van der Waals surface area contributed by atoms with Gasteiger partial charge < -0.3 is 4.90 Å². The Morgan fingerprint density at radius 3 is 2.31 bits per heavy atom. The lowest BCUT2D eigenvalue weighted by Crippen LogP contribution is -2.56. The summed E-state index contributed by atoms with van der Waals surface area (Å²) < 4.78 is 0. The Kier molecular flexibility index (Phi) is 5.33. The number of anilines is 1. The molecule has 32 heavy (non-hydrogen) atoms. The lowest BCUT2D eigenvalue weighted by atomic mass is 9.65. The quantitative estimate of drug-likeness (QED) is 0.331. The van der Waals surface area contributed by atoms with Gasteiger partial charge in [-0.25, -0.2) is 0 Å². The van der Waals surface area contributed by atoms with Crippen molar-refractivity contribution in [3.05, 3.63) is 104 Å². The van der Waals surface area contributed by atoms with Gasteiger partial charge in [-0.2, -0.15) is 0 Å². The number of benzene rings is 3. The summed E-state index contributed by atoms with van der Waals surface area (Å²) in [6, 6.07) is 20.4. The molecule has 0 bridgehead atoms. The van der Waals surface area contributed by atoms with Crippen molar-refractivity contribution in [1.82, 2.24) is 0 Å². The van der Waals surface area contributed by atoms with Gasteiger partial charge in [0.15, 0.2) is 0 Å². The molecule has 0 N–H and O–H groups in total. The van der Waals surface area contributed by atoms with Crippen molar-refractivity contribution in [3.8, 4) is 0 Å². The Balaban J connectivity index is 1.89. The van der Waals surface area contributed by atoms with E-state index in [2.05, 4.69) is 13.0 Å². The summed E-state index contributed by atoms with van der Waals surface area (Å²) >= 11 is 6.13. The highest BCUT2D eigenvalue weighted by Crippen LogP contribution is 2.51. The number of halogens is 1. The molecule has 1 aliphatic heterocycles. The van der Waals surface area contributed by atoms with Gasteiger partial charge in [0.1, 0.15) is 0 Å². The Morgan fingerprint density at radius 1 is 1.00 bits per heavy atom. The summed E-state index contributed by atoms with van der Waals surface area (Å²) in [5, 5.41) is 12.1. The minimum absolute atomic E-state index is 0.0510. The van der Waals surface area contributed by atoms with E-state index in [-0.39, 0.29) is 17.0 Å². The van der Waals surface area contributed by atoms with Crippen molar-refractivity contribution in [2.75, 3.05) is 4.90 Å². The van der Waals surface area contributed by atoms with E-state index in [4.69, 9.17) is 11.6 Å². The summed E-state index contributed by atoms with van der Waals surface area (Å²) in [5.41, 5.74) is 2.77. The molecule has 164 valence electrons. The number of hydrogen-bond donors (Lipinski definition) is 0. The predicted octanol–water partition coefficient (Wildman–Crippen LogP) is 6.69. The molecule has 1 amide bonds. The predicted molar refractivity (Wildman–Crippen MR) is 128 cm³/mol. The van der Waals surface area contributed by atoms with E-state index in [1.165, 1.54) is 6.07 Å². The molecular weight excluding hydrogens is 424 g/mol. The fraction of sp³-hybridized carbons (Fsp3) is 0.269. The zero-order valence-corrected chi connectivity index (χ0v) is 19.3. The molecule has 1 atom stereocenters. The van der Waals surface area contributed by atoms with Gasteiger partial charge in [-0.15, -0.1) is 0 Å². The number of fused-ring (bicyclic) bond motifs is 1. The summed E-state index contributed by atoms with van der Waals surface area (Å²) in [4.78, 5) is 26.6. The van der Waals surface area contributed by atoms with Gasteiger partial charge in [-0.05, 0) is 62.6 Å². The van der Waals surface area contributed by atoms with Gasteiger partial charge in [0.05, 0.1) is 4.92 Å². The van der Waals surface area contributed by atoms with Crippen molar-refractivity contribution >= 4 is 28.9 Å². The molecular formula is C26H25ClN2O3. The van der Waals surface area contributed by atoms with Crippen LogP contribution in [-0.4, -0.2) is 16.4 Å². The molecule has 3 aromatic carbocycles. The molecule has 0 aliphatic carbocycles. The van der Waals surface area contributed by atoms with Crippen LogP contribution in [0.2, 0.25) is 5.02 Å². The maximum Gasteiger partial charge on any atom is 0.273 e. The number of carbonyl (C=O) groups excluding carboxylic acids is 1. The number of nitro benzene ring substituents is 1. The van der Waals surface area contributed by atoms with Crippen molar-refractivity contribution in [1.29, 1.82) is 0 Å². The SMILES string of the molecule is Cc1c(C(=O)N2c3ccccc3[C@@](C)(c3ccc(Cl)cc3)CC2(C)C)cccc1[N+](=O)[O-]. The summed E-state index contributed by atoms with van der Waals surface area (Å²) in [7, 11) is 0. The Hall–Kier alpha value is -3.18. The standard InChI is InChI=1S/C26H25ClN2O3/c1-17-20(8-7-11-22(17)29(31)32)24(30)28-23-10-6-5-9-21(23)26(4,16-25(28,2)3)18-12-14-19(27)15-13-18/h5-15H,16H2,1-4H3/t26-/m1/s1. The lowest BCUT2D eigenvalue weighted by Gasteiger charge is -2.51. The van der Waals surface area contributed by atoms with Gasteiger partial charge in [-0.3, -0.25) is 14.9 Å². The fourth-order valence-electron chi connectivity index (χ4n) is 5.13. The molecule has 0 saturated heterocycles. The van der Waals surface area contributed by atoms with E-state index in [1.807, 2.05) is 56.3 Å². The monoisotopic (exact) mass is 448 g/mol. The minimum Gasteiger partial charge on any atom is -0.302 e. The molecule has 5 nitrogen and oxygen atoms in total. The third-order valence-corrected chi connectivity index (χ3v) is 6.80. The van der Waals surface area contributed by atoms with Gasteiger partial charge in [-0.1, -0.05) is 54.9 Å². The maximum absolute atomic E-state index is 13.9. The highest BCUT2D eigenvalue weighted by atomic mass is 35.5. The van der Waals surface area contributed by atoms with Crippen LogP contribution in [0.5, 0.6) is 0 Å². The number of para-hydroxylation sites is 1. The van der Waals surface area contributed by atoms with E-state index in [0.717, 1.165) is 16.8 Å². The van der Waals surface area contributed by atoms with Crippen LogP contribution < -0.4 is 4.90 Å². The molecule has 6 heteroatoms. The average molecular weight is 449 g/mol. The zero-order chi connectivity index (χ0) is 23.3. The van der Waals surface area contributed by atoms with E-state index < -0.39 is 10.5 Å². The van der Waals surface area contributed by atoms with Gasteiger partial charge in [0.2, 0.25) is 0 Å². The minimum atomic E-state index is -0.545. The molecule has 0 spiro atoms. The maximum atomic E-state index is 13.9. The highest BCUT2D eigenvalue weighted by molar-refractivity contribution is 6.30. The van der Waals surface area contributed by atoms with Crippen LogP contribution >= 0.6 is 11.6 Å². The first-order chi connectivity index (χ1) is 15.1. The Bertz CT molecular complexity index is 1220. The number of carbonyl (C=O) groups is 1. The second kappa shape index (κ2) is 7.75. The van der Waals surface area contributed by atoms with E-state index >= 15 is 0 Å². The normalized spacial score (nSPS) is 19.3. The number of nitro groups is 1. The first-order valence-corrected chi connectivity index (χ1v) is 10.9. The molecule has 0 radical (unpaired) electrons. The molecule has 0 unspecified atom stereocenters. The van der Waals surface area contributed by atoms with Crippen LogP contribution in [-0.2, 0) is 5.41 Å². The third kappa shape index (κ3) is 3.47. The van der Waals surface area contributed by atoms with Crippen LogP contribution in [0.15, 0.2) is 66.7 Å². The first-order valence-electron chi connectivity index (χ1n) is 10.5. The van der Waals surface area contributed by atoms with Gasteiger partial charge >= 0.3 is 0 Å². The van der Waals surface area contributed by atoms with Crippen molar-refractivity contribution < 1.29 is 9.72 Å². The topological polar surface area (TPSA) is 63.5 Å². The fourth-order valence-corrected chi connectivity index (χ4v) is 5.26. The first kappa shape index (κ1) is 22.0. The molecule has 0 fully saturated rings. The number of amides is 1. The molecule has 1 aliphatic rings. The van der Waals surface area contributed by atoms with Crippen LogP contribution in [0.1, 0.15) is 54.2 Å². The van der Waals surface area contributed by atoms with Crippen molar-refractivity contribution in [3.63, 3.8) is 0 Å². The smallest absolute Gasteiger partial charge is 0.273 e. The summed E-state index contributed by atoms with van der Waals surface area (Å²) in [6.45, 7) is 7.91. The van der Waals surface area contributed by atoms with Crippen LogP contribution in [0.25, 0.3) is 0 Å². The molecule has 1 heterocycles. The summed E-state index contributed by atoms with van der Waals surface area (Å²) in [5.74, 6) is -0.234. The third-order valence-electron chi connectivity index (χ3n) is 6.55.